The highest BCUT2D eigenvalue weighted by Gasteiger charge is 2.28. The lowest BCUT2D eigenvalue weighted by Crippen LogP contribution is -2.56. The number of piperazine rings is 1. The Hall–Kier alpha value is -0.770. The van der Waals surface area contributed by atoms with Crippen LogP contribution in [0.2, 0.25) is 5.02 Å². The summed E-state index contributed by atoms with van der Waals surface area (Å²) >= 11 is 6.38. The van der Waals surface area contributed by atoms with Crippen LogP contribution in [0.3, 0.4) is 0 Å². The molecule has 1 aromatic carbocycles. The van der Waals surface area contributed by atoms with E-state index in [-0.39, 0.29) is 0 Å². The minimum Gasteiger partial charge on any atom is -0.496 e. The van der Waals surface area contributed by atoms with Crippen LogP contribution in [0.1, 0.15) is 32.8 Å². The first-order valence-electron chi connectivity index (χ1n) is 7.85. The third kappa shape index (κ3) is 3.91. The van der Waals surface area contributed by atoms with Crippen molar-refractivity contribution in [2.45, 2.75) is 45.8 Å². The number of rotatable bonds is 5. The van der Waals surface area contributed by atoms with E-state index in [9.17, 15) is 0 Å². The van der Waals surface area contributed by atoms with E-state index >= 15 is 0 Å². The van der Waals surface area contributed by atoms with Crippen LogP contribution in [-0.2, 0) is 6.54 Å². The van der Waals surface area contributed by atoms with Gasteiger partial charge in [0.2, 0.25) is 0 Å². The number of methoxy groups -OCH3 is 1. The molecule has 0 spiro atoms. The SMILES string of the molecule is CCC(C)C1CN(Cc2c(Cl)cccc2OC)C(C)CN1. The summed E-state index contributed by atoms with van der Waals surface area (Å²) < 4.78 is 5.47. The van der Waals surface area contributed by atoms with Crippen LogP contribution >= 0.6 is 11.6 Å². The number of nitrogens with zero attached hydrogens (tertiary/aromatic N) is 1. The zero-order chi connectivity index (χ0) is 15.4. The van der Waals surface area contributed by atoms with Crippen LogP contribution in [0.5, 0.6) is 5.75 Å². The summed E-state index contributed by atoms with van der Waals surface area (Å²) in [6.45, 7) is 9.78. The van der Waals surface area contributed by atoms with Crippen LogP contribution in [0.25, 0.3) is 0 Å². The van der Waals surface area contributed by atoms with Crippen molar-refractivity contribution in [3.63, 3.8) is 0 Å². The molecule has 0 bridgehead atoms. The normalized spacial score (nSPS) is 24.8. The van der Waals surface area contributed by atoms with E-state index in [1.807, 2.05) is 18.2 Å². The minimum absolute atomic E-state index is 0.506. The second kappa shape index (κ2) is 7.48. The van der Waals surface area contributed by atoms with Gasteiger partial charge in [-0.1, -0.05) is 37.9 Å². The Morgan fingerprint density at radius 1 is 1.48 bits per heavy atom. The Morgan fingerprint density at radius 3 is 2.90 bits per heavy atom. The van der Waals surface area contributed by atoms with Crippen molar-refractivity contribution < 1.29 is 4.74 Å². The van der Waals surface area contributed by atoms with Crippen molar-refractivity contribution in [2.24, 2.45) is 5.92 Å². The van der Waals surface area contributed by atoms with E-state index in [1.165, 1.54) is 6.42 Å². The number of hydrogen-bond donors (Lipinski definition) is 1. The molecule has 1 aromatic rings. The minimum atomic E-state index is 0.506. The Morgan fingerprint density at radius 2 is 2.24 bits per heavy atom. The second-order valence-electron chi connectivity index (χ2n) is 6.10. The zero-order valence-corrected chi connectivity index (χ0v) is 14.3. The van der Waals surface area contributed by atoms with E-state index in [2.05, 4.69) is 31.0 Å². The fourth-order valence-corrected chi connectivity index (χ4v) is 3.15. The first-order chi connectivity index (χ1) is 10.1. The first-order valence-corrected chi connectivity index (χ1v) is 8.23. The molecule has 3 unspecified atom stereocenters. The maximum atomic E-state index is 6.38. The van der Waals surface area contributed by atoms with Gasteiger partial charge >= 0.3 is 0 Å². The van der Waals surface area contributed by atoms with Crippen molar-refractivity contribution in [3.8, 4) is 5.75 Å². The highest BCUT2D eigenvalue weighted by molar-refractivity contribution is 6.31. The lowest BCUT2D eigenvalue weighted by molar-refractivity contribution is 0.111. The quantitative estimate of drug-likeness (QED) is 0.900. The van der Waals surface area contributed by atoms with Crippen LogP contribution in [-0.4, -0.2) is 37.2 Å². The molecular formula is C17H27ClN2O. The number of hydrogen-bond acceptors (Lipinski definition) is 3. The van der Waals surface area contributed by atoms with Crippen molar-refractivity contribution in [1.82, 2.24) is 10.2 Å². The Bertz CT molecular complexity index is 466. The van der Waals surface area contributed by atoms with E-state index in [0.717, 1.165) is 36.0 Å². The van der Waals surface area contributed by atoms with Gasteiger partial charge in [0.25, 0.3) is 0 Å². The van der Waals surface area contributed by atoms with Gasteiger partial charge in [-0.3, -0.25) is 4.90 Å². The predicted molar refractivity (Wildman–Crippen MR) is 89.1 cm³/mol. The third-order valence-corrected chi connectivity index (χ3v) is 5.07. The molecule has 1 N–H and O–H groups in total. The number of benzene rings is 1. The predicted octanol–water partition coefficient (Wildman–Crippen LogP) is 3.56. The fraction of sp³-hybridized carbons (Fsp3) is 0.647. The molecule has 1 saturated heterocycles. The van der Waals surface area contributed by atoms with Crippen molar-refractivity contribution >= 4 is 11.6 Å². The molecule has 0 radical (unpaired) electrons. The van der Waals surface area contributed by atoms with Crippen molar-refractivity contribution in [1.29, 1.82) is 0 Å². The molecule has 1 aliphatic rings. The highest BCUT2D eigenvalue weighted by atomic mass is 35.5. The van der Waals surface area contributed by atoms with Crippen molar-refractivity contribution in [3.05, 3.63) is 28.8 Å². The van der Waals surface area contributed by atoms with E-state index < -0.39 is 0 Å². The van der Waals surface area contributed by atoms with Gasteiger partial charge in [-0.25, -0.2) is 0 Å². The lowest BCUT2D eigenvalue weighted by Gasteiger charge is -2.41. The first kappa shape index (κ1) is 16.6. The average Bonchev–Trinajstić information content (AvgIpc) is 2.50. The van der Waals surface area contributed by atoms with Gasteiger partial charge in [0, 0.05) is 42.3 Å². The molecule has 3 nitrogen and oxygen atoms in total. The van der Waals surface area contributed by atoms with Crippen LogP contribution in [0.15, 0.2) is 18.2 Å². The summed E-state index contributed by atoms with van der Waals surface area (Å²) in [4.78, 5) is 2.51. The summed E-state index contributed by atoms with van der Waals surface area (Å²) in [7, 11) is 1.71. The molecule has 2 rings (SSSR count). The molecule has 4 heteroatoms. The van der Waals surface area contributed by atoms with Gasteiger partial charge in [-0.05, 0) is 25.0 Å². The topological polar surface area (TPSA) is 24.5 Å². The van der Waals surface area contributed by atoms with Gasteiger partial charge in [-0.15, -0.1) is 0 Å². The van der Waals surface area contributed by atoms with Crippen LogP contribution in [0, 0.1) is 5.92 Å². The van der Waals surface area contributed by atoms with E-state index in [4.69, 9.17) is 16.3 Å². The van der Waals surface area contributed by atoms with Crippen molar-refractivity contribution in [2.75, 3.05) is 20.2 Å². The van der Waals surface area contributed by atoms with Gasteiger partial charge in [0.1, 0.15) is 5.75 Å². The van der Waals surface area contributed by atoms with Gasteiger partial charge in [-0.2, -0.15) is 0 Å². The largest absolute Gasteiger partial charge is 0.496 e. The summed E-state index contributed by atoms with van der Waals surface area (Å²) in [5, 5.41) is 4.46. The maximum absolute atomic E-state index is 6.38. The molecule has 1 fully saturated rings. The molecule has 0 amide bonds. The van der Waals surface area contributed by atoms with Gasteiger partial charge in [0.15, 0.2) is 0 Å². The summed E-state index contributed by atoms with van der Waals surface area (Å²) in [6, 6.07) is 6.93. The molecular weight excluding hydrogens is 284 g/mol. The molecule has 0 saturated carbocycles. The van der Waals surface area contributed by atoms with E-state index in [0.29, 0.717) is 18.0 Å². The molecule has 0 aliphatic carbocycles. The fourth-order valence-electron chi connectivity index (χ4n) is 2.92. The van der Waals surface area contributed by atoms with Crippen LogP contribution in [0.4, 0.5) is 0 Å². The number of halogens is 1. The maximum Gasteiger partial charge on any atom is 0.124 e. The standard InChI is InChI=1S/C17H27ClN2O/c1-5-12(2)16-11-20(13(3)9-19-16)10-14-15(18)7-6-8-17(14)21-4/h6-8,12-13,16,19H,5,9-11H2,1-4H3. The van der Waals surface area contributed by atoms with E-state index in [1.54, 1.807) is 7.11 Å². The molecule has 1 heterocycles. The number of ether oxygens (including phenoxy) is 1. The van der Waals surface area contributed by atoms with Gasteiger partial charge in [0.05, 0.1) is 7.11 Å². The monoisotopic (exact) mass is 310 g/mol. The molecule has 1 aliphatic heterocycles. The Labute approximate surface area is 133 Å². The summed E-state index contributed by atoms with van der Waals surface area (Å²) in [5.41, 5.74) is 1.10. The lowest BCUT2D eigenvalue weighted by atomic mass is 9.95. The highest BCUT2D eigenvalue weighted by Crippen LogP contribution is 2.29. The second-order valence-corrected chi connectivity index (χ2v) is 6.51. The Kier molecular flexibility index (Phi) is 5.91. The third-order valence-electron chi connectivity index (χ3n) is 4.72. The summed E-state index contributed by atoms with van der Waals surface area (Å²) in [5.74, 6) is 1.57. The smallest absolute Gasteiger partial charge is 0.124 e. The van der Waals surface area contributed by atoms with Crippen LogP contribution < -0.4 is 10.1 Å². The molecule has 118 valence electrons. The zero-order valence-electron chi connectivity index (χ0n) is 13.5. The Balaban J connectivity index is 2.14. The van der Waals surface area contributed by atoms with Gasteiger partial charge < -0.3 is 10.1 Å². The molecule has 21 heavy (non-hydrogen) atoms. The average molecular weight is 311 g/mol. The number of nitrogens with one attached hydrogen (secondary N) is 1. The summed E-state index contributed by atoms with van der Waals surface area (Å²) in [6.07, 6.45) is 1.20. The molecule has 0 aromatic heterocycles. The molecule has 3 atom stereocenters.